The number of carbonyl (C=O) groups is 2. The number of nitrogens with zero attached hydrogens (tertiary/aromatic N) is 2. The Balaban J connectivity index is 1.84. The highest BCUT2D eigenvalue weighted by molar-refractivity contribution is 5.93. The maximum atomic E-state index is 12.0. The first-order valence-corrected chi connectivity index (χ1v) is 7.99. The molecule has 6 heteroatoms. The SMILES string of the molecule is CNC(=O)c1ccc(CNC(=O)CCc2c(C)nn(C)c2C)cc1. The monoisotopic (exact) mass is 328 g/mol. The van der Waals surface area contributed by atoms with Gasteiger partial charge in [-0.2, -0.15) is 5.10 Å². The number of carbonyl (C=O) groups excluding carboxylic acids is 2. The van der Waals surface area contributed by atoms with E-state index in [1.807, 2.05) is 37.7 Å². The molecule has 0 radical (unpaired) electrons. The van der Waals surface area contributed by atoms with Crippen molar-refractivity contribution in [2.45, 2.75) is 33.2 Å². The van der Waals surface area contributed by atoms with Gasteiger partial charge in [0.1, 0.15) is 0 Å². The predicted molar refractivity (Wildman–Crippen MR) is 92.7 cm³/mol. The third-order valence-electron chi connectivity index (χ3n) is 4.19. The van der Waals surface area contributed by atoms with Gasteiger partial charge in [0.15, 0.2) is 0 Å². The van der Waals surface area contributed by atoms with Gasteiger partial charge >= 0.3 is 0 Å². The Bertz CT molecular complexity index is 732. The van der Waals surface area contributed by atoms with Crippen molar-refractivity contribution in [2.75, 3.05) is 7.05 Å². The molecule has 2 rings (SSSR count). The van der Waals surface area contributed by atoms with Crippen LogP contribution < -0.4 is 10.6 Å². The second-order valence-corrected chi connectivity index (χ2v) is 5.83. The fourth-order valence-corrected chi connectivity index (χ4v) is 2.63. The first-order chi connectivity index (χ1) is 11.4. The highest BCUT2D eigenvalue weighted by Crippen LogP contribution is 2.14. The Hall–Kier alpha value is -2.63. The van der Waals surface area contributed by atoms with Gasteiger partial charge in [-0.05, 0) is 43.5 Å². The highest BCUT2D eigenvalue weighted by atomic mass is 16.2. The number of hydrogen-bond donors (Lipinski definition) is 2. The molecule has 0 saturated heterocycles. The van der Waals surface area contributed by atoms with Gasteiger partial charge in [-0.1, -0.05) is 12.1 Å². The van der Waals surface area contributed by atoms with Gasteiger partial charge < -0.3 is 10.6 Å². The van der Waals surface area contributed by atoms with Crippen LogP contribution in [0.15, 0.2) is 24.3 Å². The average molecular weight is 328 g/mol. The molecule has 2 N–H and O–H groups in total. The summed E-state index contributed by atoms with van der Waals surface area (Å²) < 4.78 is 1.84. The molecule has 2 amide bonds. The normalized spacial score (nSPS) is 10.5. The Morgan fingerprint density at radius 2 is 1.83 bits per heavy atom. The number of rotatable bonds is 6. The van der Waals surface area contributed by atoms with Crippen LogP contribution in [0.4, 0.5) is 0 Å². The van der Waals surface area contributed by atoms with E-state index in [1.54, 1.807) is 19.2 Å². The molecule has 0 aliphatic heterocycles. The van der Waals surface area contributed by atoms with Crippen LogP contribution in [-0.2, 0) is 24.8 Å². The third-order valence-corrected chi connectivity index (χ3v) is 4.19. The molecule has 1 aromatic heterocycles. The molecule has 0 saturated carbocycles. The van der Waals surface area contributed by atoms with E-state index in [9.17, 15) is 9.59 Å². The minimum Gasteiger partial charge on any atom is -0.355 e. The van der Waals surface area contributed by atoms with E-state index in [1.165, 1.54) is 0 Å². The molecule has 6 nitrogen and oxygen atoms in total. The number of nitrogens with one attached hydrogen (secondary N) is 2. The van der Waals surface area contributed by atoms with Crippen LogP contribution in [-0.4, -0.2) is 28.6 Å². The average Bonchev–Trinajstić information content (AvgIpc) is 2.83. The molecule has 24 heavy (non-hydrogen) atoms. The van der Waals surface area contributed by atoms with E-state index in [-0.39, 0.29) is 11.8 Å². The van der Waals surface area contributed by atoms with E-state index < -0.39 is 0 Å². The lowest BCUT2D eigenvalue weighted by molar-refractivity contribution is -0.121. The Morgan fingerprint density at radius 1 is 1.17 bits per heavy atom. The molecule has 0 unspecified atom stereocenters. The summed E-state index contributed by atoms with van der Waals surface area (Å²) in [7, 11) is 3.51. The molecule has 0 fully saturated rings. The summed E-state index contributed by atoms with van der Waals surface area (Å²) in [5, 5.41) is 9.85. The smallest absolute Gasteiger partial charge is 0.251 e. The van der Waals surface area contributed by atoms with Crippen LogP contribution in [0.2, 0.25) is 0 Å². The number of amides is 2. The second-order valence-electron chi connectivity index (χ2n) is 5.83. The van der Waals surface area contributed by atoms with Gasteiger partial charge in [-0.25, -0.2) is 0 Å². The lowest BCUT2D eigenvalue weighted by Gasteiger charge is -2.07. The van der Waals surface area contributed by atoms with Crippen molar-refractivity contribution in [2.24, 2.45) is 7.05 Å². The minimum absolute atomic E-state index is 0.00744. The van der Waals surface area contributed by atoms with E-state index >= 15 is 0 Å². The maximum absolute atomic E-state index is 12.0. The van der Waals surface area contributed by atoms with Crippen LogP contribution in [0.1, 0.15) is 39.3 Å². The van der Waals surface area contributed by atoms with Crippen LogP contribution in [0.3, 0.4) is 0 Å². The van der Waals surface area contributed by atoms with Gasteiger partial charge in [0.25, 0.3) is 5.91 Å². The zero-order valence-electron chi connectivity index (χ0n) is 14.6. The molecular weight excluding hydrogens is 304 g/mol. The van der Waals surface area contributed by atoms with Crippen molar-refractivity contribution in [1.29, 1.82) is 0 Å². The molecule has 0 aliphatic rings. The van der Waals surface area contributed by atoms with Crippen LogP contribution in [0.25, 0.3) is 0 Å². The summed E-state index contributed by atoms with van der Waals surface area (Å²) >= 11 is 0. The van der Waals surface area contributed by atoms with Gasteiger partial charge in [-0.3, -0.25) is 14.3 Å². The van der Waals surface area contributed by atoms with E-state index in [0.29, 0.717) is 24.9 Å². The zero-order valence-corrected chi connectivity index (χ0v) is 14.6. The lowest BCUT2D eigenvalue weighted by Crippen LogP contribution is -2.23. The summed E-state index contributed by atoms with van der Waals surface area (Å²) in [4.78, 5) is 23.5. The largest absolute Gasteiger partial charge is 0.355 e. The van der Waals surface area contributed by atoms with Gasteiger partial charge in [0, 0.05) is 38.3 Å². The summed E-state index contributed by atoms with van der Waals surface area (Å²) in [5.74, 6) is -0.110. The molecule has 2 aromatic rings. The highest BCUT2D eigenvalue weighted by Gasteiger charge is 2.11. The number of benzene rings is 1. The van der Waals surface area contributed by atoms with Crippen LogP contribution >= 0.6 is 0 Å². The standard InChI is InChI=1S/C18H24N4O2/c1-12-16(13(2)22(4)21-12)9-10-17(23)20-11-14-5-7-15(8-6-14)18(24)19-3/h5-8H,9-11H2,1-4H3,(H,19,24)(H,20,23). The van der Waals surface area contributed by atoms with E-state index in [0.717, 1.165) is 22.5 Å². The maximum Gasteiger partial charge on any atom is 0.251 e. The fourth-order valence-electron chi connectivity index (χ4n) is 2.63. The summed E-state index contributed by atoms with van der Waals surface area (Å²) in [5.41, 5.74) is 4.79. The predicted octanol–water partition coefficient (Wildman–Crippen LogP) is 1.65. The Labute approximate surface area is 142 Å². The summed E-state index contributed by atoms with van der Waals surface area (Å²) in [6, 6.07) is 7.20. The molecule has 128 valence electrons. The van der Waals surface area contributed by atoms with Gasteiger partial charge in [-0.15, -0.1) is 0 Å². The molecule has 0 bridgehead atoms. The van der Waals surface area contributed by atoms with Crippen molar-refractivity contribution in [3.63, 3.8) is 0 Å². The minimum atomic E-state index is -0.118. The Kier molecular flexibility index (Phi) is 5.73. The molecular formula is C18H24N4O2. The molecule has 0 spiro atoms. The quantitative estimate of drug-likeness (QED) is 0.846. The zero-order chi connectivity index (χ0) is 17.7. The third kappa shape index (κ3) is 4.22. The molecule has 0 atom stereocenters. The molecule has 1 aromatic carbocycles. The first kappa shape index (κ1) is 17.7. The second kappa shape index (κ2) is 7.77. The number of aryl methyl sites for hydroxylation is 2. The van der Waals surface area contributed by atoms with Crippen molar-refractivity contribution >= 4 is 11.8 Å². The fraction of sp³-hybridized carbons (Fsp3) is 0.389. The van der Waals surface area contributed by atoms with Crippen molar-refractivity contribution < 1.29 is 9.59 Å². The Morgan fingerprint density at radius 3 is 2.38 bits per heavy atom. The molecule has 1 heterocycles. The van der Waals surface area contributed by atoms with Crippen molar-refractivity contribution in [3.8, 4) is 0 Å². The van der Waals surface area contributed by atoms with E-state index in [2.05, 4.69) is 15.7 Å². The topological polar surface area (TPSA) is 76.0 Å². The van der Waals surface area contributed by atoms with Crippen molar-refractivity contribution in [3.05, 3.63) is 52.3 Å². The van der Waals surface area contributed by atoms with Crippen LogP contribution in [0, 0.1) is 13.8 Å². The molecule has 0 aliphatic carbocycles. The van der Waals surface area contributed by atoms with Crippen LogP contribution in [0.5, 0.6) is 0 Å². The summed E-state index contributed by atoms with van der Waals surface area (Å²) in [6.45, 7) is 4.44. The summed E-state index contributed by atoms with van der Waals surface area (Å²) in [6.07, 6.45) is 1.12. The number of aromatic nitrogens is 2. The van der Waals surface area contributed by atoms with E-state index in [4.69, 9.17) is 0 Å². The lowest BCUT2D eigenvalue weighted by atomic mass is 10.1. The number of hydrogen-bond acceptors (Lipinski definition) is 3. The first-order valence-electron chi connectivity index (χ1n) is 7.99. The van der Waals surface area contributed by atoms with Gasteiger partial charge in [0.2, 0.25) is 5.91 Å². The van der Waals surface area contributed by atoms with Gasteiger partial charge in [0.05, 0.1) is 5.69 Å². The van der Waals surface area contributed by atoms with Crippen molar-refractivity contribution in [1.82, 2.24) is 20.4 Å².